The number of halogens is 4. The van der Waals surface area contributed by atoms with E-state index in [9.17, 15) is 40.9 Å². The Balaban J connectivity index is 0.000000130. The Morgan fingerprint density at radius 3 is 1.12 bits per heavy atom. The normalized spacial score (nSPS) is 17.1. The lowest BCUT2D eigenvalue weighted by Gasteiger charge is -2.49. The first-order valence-electron chi connectivity index (χ1n) is 48.1. The molecule has 5 fully saturated rings. The minimum absolute atomic E-state index is 0.0327. The van der Waals surface area contributed by atoms with E-state index in [2.05, 4.69) is 145 Å². The second-order valence-corrected chi connectivity index (χ2v) is 40.3. The maximum atomic E-state index is 10.4. The highest BCUT2D eigenvalue weighted by Crippen LogP contribution is 2.77. The zero-order valence-corrected chi connectivity index (χ0v) is 84.3. The van der Waals surface area contributed by atoms with Crippen molar-refractivity contribution in [2.24, 2.45) is 29.1 Å². The smallest absolute Gasteiger partial charge is 0.152 e. The van der Waals surface area contributed by atoms with E-state index >= 15 is 0 Å². The fourth-order valence-corrected chi connectivity index (χ4v) is 22.5. The number of rotatable bonds is 13. The number of hydrogen-bond donors (Lipinski definition) is 11. The SMILES string of the molecule is CCc1cc(-c2cc(Cl)c(O)c(Cl)c2)ccc1O.C[C@H]1CCc2cc(-c3cc(Cl)c(O)c(Cl)c3)ccc21.Cc1cc(-c2cc(C)c(O)c(C)c2)cc(C)c1C.Cc1ccc(C(=C2C3CC4CC5CC2CC45C3)c2cc(C)c(O)c(C)c2)cc1.Cc1ccc(C(=C2CCCCC2)c2cc(C)c(O)c(C)c2)cc1.OCc1cc(-c2ccccc2)cc(CO)c1O.OCc1cc(-c2ccccc2)ccc1O. The molecule has 0 aliphatic heterocycles. The second kappa shape index (κ2) is 44.9. The first-order chi connectivity index (χ1) is 66.1. The molecule has 5 atom stereocenters. The Hall–Kier alpha value is -12.0. The number of allylic oxidation sites excluding steroid dienone is 2. The quantitative estimate of drug-likeness (QED) is 0.0521. The Morgan fingerprint density at radius 2 is 0.681 bits per heavy atom. The molecule has 0 heterocycles. The molecule has 15 heteroatoms. The molecule has 0 amide bonds. The van der Waals surface area contributed by atoms with Crippen molar-refractivity contribution in [2.45, 2.75) is 199 Å². The van der Waals surface area contributed by atoms with Crippen LogP contribution >= 0.6 is 46.4 Å². The molecule has 1 spiro atoms. The van der Waals surface area contributed by atoms with E-state index < -0.39 is 0 Å². The third-order valence-corrected chi connectivity index (χ3v) is 30.5. The third-order valence-electron chi connectivity index (χ3n) is 29.3. The number of phenolic OH excluding ortho intramolecular Hbond substituents is 6. The Bertz CT molecular complexity index is 6580. The Labute approximate surface area is 834 Å². The topological polar surface area (TPSA) is 223 Å². The van der Waals surface area contributed by atoms with Crippen molar-refractivity contribution in [3.63, 3.8) is 0 Å². The van der Waals surface area contributed by atoms with Crippen molar-refractivity contribution in [3.8, 4) is 102 Å². The van der Waals surface area contributed by atoms with Crippen LogP contribution in [0.2, 0.25) is 20.1 Å². The molecule has 11 N–H and O–H groups in total. The van der Waals surface area contributed by atoms with Gasteiger partial charge in [0.25, 0.3) is 0 Å². The molecule has 0 radical (unpaired) electrons. The highest BCUT2D eigenvalue weighted by atomic mass is 35.5. The van der Waals surface area contributed by atoms with E-state index in [1.807, 2.05) is 133 Å². The van der Waals surface area contributed by atoms with Gasteiger partial charge in [-0.1, -0.05) is 241 Å². The van der Waals surface area contributed by atoms with Crippen LogP contribution in [0, 0.1) is 105 Å². The van der Waals surface area contributed by atoms with Crippen LogP contribution in [-0.2, 0) is 32.7 Å². The minimum atomic E-state index is -0.250. The van der Waals surface area contributed by atoms with Crippen LogP contribution in [0.15, 0.2) is 260 Å². The Morgan fingerprint density at radius 1 is 0.319 bits per heavy atom. The lowest BCUT2D eigenvalue weighted by Crippen LogP contribution is -2.41. The number of benzene rings is 14. The first-order valence-corrected chi connectivity index (χ1v) is 49.6. The highest BCUT2D eigenvalue weighted by Gasteiger charge is 2.68. The van der Waals surface area contributed by atoms with Crippen LogP contribution in [0.1, 0.15) is 207 Å². The average Bonchev–Trinajstić information content (AvgIpc) is 1.51. The number of aliphatic hydroxyl groups is 3. The number of hydrogen-bond acceptors (Lipinski definition) is 11. The summed E-state index contributed by atoms with van der Waals surface area (Å²) in [6, 6.07) is 82.0. The zero-order valence-electron chi connectivity index (χ0n) is 81.3. The molecule has 6 aliphatic carbocycles. The number of fused-ring (bicyclic) bond motifs is 3. The van der Waals surface area contributed by atoms with Crippen molar-refractivity contribution < 1.29 is 56.2 Å². The van der Waals surface area contributed by atoms with E-state index in [1.54, 1.807) is 71.8 Å². The van der Waals surface area contributed by atoms with Gasteiger partial charge in [0.1, 0.15) is 34.5 Å². The van der Waals surface area contributed by atoms with Crippen molar-refractivity contribution in [2.75, 3.05) is 0 Å². The minimum Gasteiger partial charge on any atom is -0.508 e. The summed E-state index contributed by atoms with van der Waals surface area (Å²) in [7, 11) is 0. The third kappa shape index (κ3) is 22.9. The van der Waals surface area contributed by atoms with Gasteiger partial charge >= 0.3 is 0 Å². The molecule has 0 aromatic heterocycles. The van der Waals surface area contributed by atoms with E-state index in [1.165, 1.54) is 154 Å². The van der Waals surface area contributed by atoms with Crippen molar-refractivity contribution in [1.29, 1.82) is 0 Å². The summed E-state index contributed by atoms with van der Waals surface area (Å²) in [5.41, 5.74) is 39.7. The number of aryl methyl sites for hydroxylation is 12. The molecule has 5 saturated carbocycles. The molecular weight excluding hydrogens is 1800 g/mol. The zero-order chi connectivity index (χ0) is 98.8. The lowest BCUT2D eigenvalue weighted by atomic mass is 9.56. The number of phenols is 8. The summed E-state index contributed by atoms with van der Waals surface area (Å²) in [5, 5.41) is 107. The molecule has 4 unspecified atom stereocenters. The molecule has 3 bridgehead atoms. The number of aliphatic hydroxyl groups excluding tert-OH is 3. The van der Waals surface area contributed by atoms with Gasteiger partial charge in [0, 0.05) is 16.7 Å². The molecule has 20 rings (SSSR count). The first kappa shape index (κ1) is 102. The molecule has 14 aromatic rings. The molecular formula is C123H128Cl4O11. The summed E-state index contributed by atoms with van der Waals surface area (Å²) in [6.07, 6.45) is 16.7. The maximum absolute atomic E-state index is 10.4. The van der Waals surface area contributed by atoms with Gasteiger partial charge in [-0.2, -0.15) is 0 Å². The van der Waals surface area contributed by atoms with Gasteiger partial charge in [0.2, 0.25) is 0 Å². The monoisotopic (exact) mass is 1920 g/mol. The van der Waals surface area contributed by atoms with Crippen molar-refractivity contribution in [1.82, 2.24) is 0 Å². The van der Waals surface area contributed by atoms with Crippen molar-refractivity contribution in [3.05, 3.63) is 397 Å². The molecule has 14 aromatic carbocycles. The number of aromatic hydroxyl groups is 8. The Kier molecular flexibility index (Phi) is 33.1. The molecule has 714 valence electrons. The summed E-state index contributed by atoms with van der Waals surface area (Å²) in [6.45, 7) is 26.3. The molecule has 6 aliphatic rings. The van der Waals surface area contributed by atoms with Gasteiger partial charge in [-0.05, 0) is 441 Å². The predicted octanol–water partition coefficient (Wildman–Crippen LogP) is 31.9. The summed E-state index contributed by atoms with van der Waals surface area (Å²) < 4.78 is 0. The van der Waals surface area contributed by atoms with E-state index in [0.717, 1.165) is 125 Å². The summed E-state index contributed by atoms with van der Waals surface area (Å²) >= 11 is 23.7. The predicted molar refractivity (Wildman–Crippen MR) is 569 cm³/mol. The summed E-state index contributed by atoms with van der Waals surface area (Å²) in [5.74, 6) is 5.70. The standard InChI is InChI=1S/C27H30O.C22H26O.C17H20O.C16H14Cl2O.C14H12Cl2O2.C14H14O3.C13H12O2/c1-15-4-6-18(7-5-15)24(19-8-16(2)26(28)17(3)9-19)25-20-10-22-12-23-11-21(25)14-27(22,23)13-20;1-15-9-11-19(12-10-15)21(18-7-5-4-6-8-18)20-13-16(2)22(23)17(3)14-20;1-10-6-15(7-11(2)14(10)5)16-8-12(3)17(18)13(4)9-16;1-9-2-3-11-6-10(4-5-13(9)11)12-7-14(17)16(19)15(18)8-12;1-2-8-5-9(3-4-13(8)17)10-6-11(15)14(18)12(16)7-10;15-8-12-6-11(7-13(9-16)14(12)17)10-4-2-1-3-5-10;14-9-12-8-11(6-7-13(12)15)10-4-2-1-3-5-10/h4-9,20-23,28H,10-14H2,1-3H3;9-14,23H,4-8H2,1-3H3;6-9,18H,1-5H3;4-9,19H,2-3H2,1H3;3-7,17-18H,2H2,1H3;1-7,15-17H,8-9H2;1-8,14-15H,9H2/t;;;9-;;;/m...0.../s1. The fourth-order valence-electron chi connectivity index (χ4n) is 21.5. The van der Waals surface area contributed by atoms with Gasteiger partial charge in [-0.15, -0.1) is 0 Å². The van der Waals surface area contributed by atoms with Gasteiger partial charge in [0.15, 0.2) is 11.5 Å². The largest absolute Gasteiger partial charge is 0.508 e. The van der Waals surface area contributed by atoms with Gasteiger partial charge in [0.05, 0.1) is 39.9 Å². The van der Waals surface area contributed by atoms with Crippen LogP contribution in [0.3, 0.4) is 0 Å². The second-order valence-electron chi connectivity index (χ2n) is 38.7. The van der Waals surface area contributed by atoms with Crippen molar-refractivity contribution >= 4 is 57.5 Å². The fraction of sp³-hybridized carbons (Fsp3) is 0.285. The van der Waals surface area contributed by atoms with E-state index in [0.29, 0.717) is 39.9 Å². The van der Waals surface area contributed by atoms with Crippen LogP contribution in [-0.4, -0.2) is 56.2 Å². The molecule has 11 nitrogen and oxygen atoms in total. The molecule has 138 heavy (non-hydrogen) atoms. The average molecular weight is 1920 g/mol. The van der Waals surface area contributed by atoms with Gasteiger partial charge in [-0.3, -0.25) is 0 Å². The maximum Gasteiger partial charge on any atom is 0.152 e. The van der Waals surface area contributed by atoms with E-state index in [-0.39, 0.29) is 68.7 Å². The summed E-state index contributed by atoms with van der Waals surface area (Å²) in [4.78, 5) is 0. The van der Waals surface area contributed by atoms with Gasteiger partial charge in [-0.25, -0.2) is 0 Å². The van der Waals surface area contributed by atoms with Gasteiger partial charge < -0.3 is 56.2 Å². The highest BCUT2D eigenvalue weighted by molar-refractivity contribution is 6.38. The molecule has 0 saturated heterocycles. The van der Waals surface area contributed by atoms with Crippen LogP contribution in [0.25, 0.3) is 66.8 Å². The lowest BCUT2D eigenvalue weighted by molar-refractivity contribution is 0.00183. The van der Waals surface area contributed by atoms with Crippen LogP contribution < -0.4 is 0 Å². The van der Waals surface area contributed by atoms with Crippen LogP contribution in [0.5, 0.6) is 46.0 Å². The van der Waals surface area contributed by atoms with Crippen LogP contribution in [0.4, 0.5) is 0 Å². The van der Waals surface area contributed by atoms with E-state index in [4.69, 9.17) is 61.7 Å².